The lowest BCUT2D eigenvalue weighted by molar-refractivity contribution is -0.115. The molecular formula is C15H12N2O3. The molecule has 0 aromatic heterocycles. The Balaban J connectivity index is 2.16. The number of hydrogen-bond donors (Lipinski definition) is 2. The van der Waals surface area contributed by atoms with Gasteiger partial charge in [0.15, 0.2) is 0 Å². The minimum absolute atomic E-state index is 0.0940. The van der Waals surface area contributed by atoms with E-state index in [1.54, 1.807) is 17.0 Å². The van der Waals surface area contributed by atoms with Gasteiger partial charge in [-0.1, -0.05) is 24.3 Å². The number of nitrogens with one attached hydrogen (secondary N) is 1. The summed E-state index contributed by atoms with van der Waals surface area (Å²) in [5.41, 5.74) is 1.98. The first-order chi connectivity index (χ1) is 9.66. The second-order valence-electron chi connectivity index (χ2n) is 4.47. The summed E-state index contributed by atoms with van der Waals surface area (Å²) in [6.45, 7) is 0.167. The Morgan fingerprint density at radius 3 is 2.55 bits per heavy atom. The molecule has 0 bridgehead atoms. The number of aromatic carboxylic acids is 1. The van der Waals surface area contributed by atoms with Gasteiger partial charge in [0.25, 0.3) is 0 Å². The Kier molecular flexibility index (Phi) is 2.87. The van der Waals surface area contributed by atoms with Gasteiger partial charge in [-0.05, 0) is 24.3 Å². The number of amides is 1. The van der Waals surface area contributed by atoms with Crippen molar-refractivity contribution in [2.24, 2.45) is 0 Å². The van der Waals surface area contributed by atoms with Crippen LogP contribution in [0.2, 0.25) is 0 Å². The summed E-state index contributed by atoms with van der Waals surface area (Å²) in [7, 11) is 0. The molecule has 1 amide bonds. The van der Waals surface area contributed by atoms with Crippen molar-refractivity contribution in [1.82, 2.24) is 0 Å². The van der Waals surface area contributed by atoms with Gasteiger partial charge >= 0.3 is 5.97 Å². The fourth-order valence-electron chi connectivity index (χ4n) is 2.32. The van der Waals surface area contributed by atoms with Gasteiger partial charge in [0.2, 0.25) is 5.91 Å². The van der Waals surface area contributed by atoms with E-state index in [-0.39, 0.29) is 18.0 Å². The Morgan fingerprint density at radius 1 is 1.10 bits per heavy atom. The minimum Gasteiger partial charge on any atom is -0.478 e. The number of carboxylic acid groups (broad SMARTS) is 1. The van der Waals surface area contributed by atoms with Crippen molar-refractivity contribution in [3.05, 3.63) is 54.1 Å². The predicted octanol–water partition coefficient (Wildman–Crippen LogP) is 2.47. The van der Waals surface area contributed by atoms with Crippen LogP contribution in [0.25, 0.3) is 0 Å². The van der Waals surface area contributed by atoms with Gasteiger partial charge in [-0.25, -0.2) is 4.79 Å². The Hall–Kier alpha value is -2.82. The lowest BCUT2D eigenvalue weighted by Crippen LogP contribution is -2.35. The molecule has 5 nitrogen and oxygen atoms in total. The third kappa shape index (κ3) is 1.99. The average Bonchev–Trinajstić information content (AvgIpc) is 2.46. The van der Waals surface area contributed by atoms with E-state index in [1.165, 1.54) is 6.07 Å². The first kappa shape index (κ1) is 12.2. The summed E-state index contributed by atoms with van der Waals surface area (Å²) in [5.74, 6) is -1.29. The Bertz CT molecular complexity index is 683. The molecule has 0 saturated heterocycles. The molecule has 0 spiro atoms. The van der Waals surface area contributed by atoms with Gasteiger partial charge in [0.1, 0.15) is 6.54 Å². The number of fused-ring (bicyclic) bond motifs is 1. The van der Waals surface area contributed by atoms with Crippen LogP contribution in [-0.2, 0) is 4.79 Å². The van der Waals surface area contributed by atoms with E-state index in [4.69, 9.17) is 0 Å². The third-order valence-electron chi connectivity index (χ3n) is 3.20. The first-order valence-electron chi connectivity index (χ1n) is 6.15. The van der Waals surface area contributed by atoms with Gasteiger partial charge in [-0.3, -0.25) is 4.79 Å². The molecule has 1 aliphatic heterocycles. The highest BCUT2D eigenvalue weighted by Gasteiger charge is 2.26. The molecule has 1 heterocycles. The minimum atomic E-state index is -1.06. The Labute approximate surface area is 115 Å². The van der Waals surface area contributed by atoms with Crippen LogP contribution in [0.5, 0.6) is 0 Å². The first-order valence-corrected chi connectivity index (χ1v) is 6.15. The van der Waals surface area contributed by atoms with Crippen molar-refractivity contribution in [2.75, 3.05) is 16.8 Å². The third-order valence-corrected chi connectivity index (χ3v) is 3.20. The van der Waals surface area contributed by atoms with E-state index in [1.807, 2.05) is 30.3 Å². The van der Waals surface area contributed by atoms with Crippen LogP contribution in [0.3, 0.4) is 0 Å². The molecule has 1 aliphatic rings. The van der Waals surface area contributed by atoms with Crippen molar-refractivity contribution in [3.63, 3.8) is 0 Å². The summed E-state index contributed by atoms with van der Waals surface area (Å²) in [4.78, 5) is 24.9. The van der Waals surface area contributed by atoms with Gasteiger partial charge in [-0.2, -0.15) is 0 Å². The number of nitrogens with zero attached hydrogens (tertiary/aromatic N) is 1. The molecule has 0 radical (unpaired) electrons. The molecule has 0 aliphatic carbocycles. The second-order valence-corrected chi connectivity index (χ2v) is 4.47. The molecule has 3 rings (SSSR count). The summed E-state index contributed by atoms with van der Waals surface area (Å²) in [5, 5.41) is 11.9. The molecule has 0 unspecified atom stereocenters. The predicted molar refractivity (Wildman–Crippen MR) is 75.5 cm³/mol. The number of anilines is 3. The maximum absolute atomic E-state index is 11.8. The zero-order valence-corrected chi connectivity index (χ0v) is 10.5. The summed E-state index contributed by atoms with van der Waals surface area (Å²) in [6.07, 6.45) is 0. The van der Waals surface area contributed by atoms with Gasteiger partial charge in [-0.15, -0.1) is 0 Å². The zero-order valence-electron chi connectivity index (χ0n) is 10.5. The molecule has 5 heteroatoms. The van der Waals surface area contributed by atoms with Crippen molar-refractivity contribution in [1.29, 1.82) is 0 Å². The molecule has 100 valence electrons. The highest BCUT2D eigenvalue weighted by Crippen LogP contribution is 2.37. The van der Waals surface area contributed by atoms with Crippen molar-refractivity contribution in [2.45, 2.75) is 0 Å². The lowest BCUT2D eigenvalue weighted by atomic mass is 10.1. The zero-order chi connectivity index (χ0) is 14.1. The van der Waals surface area contributed by atoms with Crippen molar-refractivity contribution in [3.8, 4) is 0 Å². The normalized spacial score (nSPS) is 13.6. The van der Waals surface area contributed by atoms with E-state index in [9.17, 15) is 14.7 Å². The van der Waals surface area contributed by atoms with Gasteiger partial charge in [0, 0.05) is 5.69 Å². The summed E-state index contributed by atoms with van der Waals surface area (Å²) in [6, 6.07) is 14.4. The second kappa shape index (κ2) is 4.70. The summed E-state index contributed by atoms with van der Waals surface area (Å²) >= 11 is 0. The van der Waals surface area contributed by atoms with E-state index >= 15 is 0 Å². The highest BCUT2D eigenvalue weighted by molar-refractivity contribution is 6.09. The number of carbonyl (C=O) groups is 2. The van der Waals surface area contributed by atoms with E-state index in [0.29, 0.717) is 11.4 Å². The van der Waals surface area contributed by atoms with Crippen molar-refractivity contribution < 1.29 is 14.7 Å². The van der Waals surface area contributed by atoms with Gasteiger partial charge in [0.05, 0.1) is 16.9 Å². The van der Waals surface area contributed by atoms with Crippen LogP contribution in [0.1, 0.15) is 10.4 Å². The molecule has 0 fully saturated rings. The smallest absolute Gasteiger partial charge is 0.337 e. The van der Waals surface area contributed by atoms with Crippen LogP contribution < -0.4 is 10.2 Å². The van der Waals surface area contributed by atoms with Crippen LogP contribution in [-0.4, -0.2) is 23.5 Å². The fourth-order valence-corrected chi connectivity index (χ4v) is 2.32. The van der Waals surface area contributed by atoms with E-state index in [2.05, 4.69) is 5.32 Å². The van der Waals surface area contributed by atoms with Crippen LogP contribution in [0.15, 0.2) is 48.5 Å². The number of carboxylic acids is 1. The van der Waals surface area contributed by atoms with E-state index in [0.717, 1.165) is 5.69 Å². The van der Waals surface area contributed by atoms with Crippen molar-refractivity contribution >= 4 is 28.9 Å². The van der Waals surface area contributed by atoms with E-state index < -0.39 is 5.97 Å². The Morgan fingerprint density at radius 2 is 1.85 bits per heavy atom. The monoisotopic (exact) mass is 268 g/mol. The quantitative estimate of drug-likeness (QED) is 0.877. The van der Waals surface area contributed by atoms with Crippen LogP contribution in [0, 0.1) is 0 Å². The largest absolute Gasteiger partial charge is 0.478 e. The number of benzene rings is 2. The lowest BCUT2D eigenvalue weighted by Gasteiger charge is -2.31. The number of hydrogen-bond acceptors (Lipinski definition) is 3. The van der Waals surface area contributed by atoms with Crippen LogP contribution in [0.4, 0.5) is 17.1 Å². The molecule has 0 saturated carbocycles. The molecule has 20 heavy (non-hydrogen) atoms. The fraction of sp³-hybridized carbons (Fsp3) is 0.0667. The van der Waals surface area contributed by atoms with Gasteiger partial charge < -0.3 is 15.3 Å². The standard InChI is InChI=1S/C15H12N2O3/c18-13-9-17(10-5-2-1-3-6-10)12-8-4-7-11(15(19)20)14(12)16-13/h1-8H,9H2,(H,16,18)(H,19,20). The maximum Gasteiger partial charge on any atom is 0.337 e. The molecule has 2 N–H and O–H groups in total. The van der Waals surface area contributed by atoms with Crippen LogP contribution >= 0.6 is 0 Å². The maximum atomic E-state index is 11.8. The number of para-hydroxylation sites is 2. The molecule has 0 atom stereocenters. The molecule has 2 aromatic rings. The SMILES string of the molecule is O=C1CN(c2ccccc2)c2cccc(C(=O)O)c2N1. The molecule has 2 aromatic carbocycles. The topological polar surface area (TPSA) is 69.6 Å². The number of rotatable bonds is 2. The molecular weight excluding hydrogens is 256 g/mol. The summed E-state index contributed by atoms with van der Waals surface area (Å²) < 4.78 is 0. The highest BCUT2D eigenvalue weighted by atomic mass is 16.4. The average molecular weight is 268 g/mol. The number of carbonyl (C=O) groups excluding carboxylic acids is 1.